The molecule has 11 heavy (non-hydrogen) atoms. The monoisotopic (exact) mass is 268 g/mol. The lowest BCUT2D eigenvalue weighted by molar-refractivity contribution is -0.119. The third kappa shape index (κ3) is 1.88. The second-order valence-corrected chi connectivity index (χ2v) is 3.56. The van der Waals surface area contributed by atoms with E-state index in [1.54, 1.807) is 0 Å². The topological polar surface area (TPSA) is 93.5 Å². The fourth-order valence-electron chi connectivity index (χ4n) is 0.807. The van der Waals surface area contributed by atoms with E-state index in [9.17, 15) is 4.79 Å². The van der Waals surface area contributed by atoms with Gasteiger partial charge in [-0.15, -0.1) is 0 Å². The Morgan fingerprint density at radius 2 is 2.45 bits per heavy atom. The maximum absolute atomic E-state index is 11.2. The summed E-state index contributed by atoms with van der Waals surface area (Å²) in [4.78, 5) is 15.0. The van der Waals surface area contributed by atoms with Crippen molar-refractivity contribution in [2.75, 3.05) is 0 Å². The number of carbonyl (C=O) groups is 1. The van der Waals surface area contributed by atoms with Crippen molar-refractivity contribution in [1.82, 2.24) is 5.32 Å². The molecule has 62 valence electrons. The standard InChI is InChI=1S/C5H9IN4O/c6-4(7)3(11)2-5(8)10-1-9-2/h1-2,4-5H,7-8H2,(H,9,10). The predicted molar refractivity (Wildman–Crippen MR) is 50.4 cm³/mol. The van der Waals surface area contributed by atoms with E-state index in [0.29, 0.717) is 0 Å². The summed E-state index contributed by atoms with van der Waals surface area (Å²) >= 11 is 1.84. The molecule has 0 aromatic carbocycles. The average Bonchev–Trinajstić information content (AvgIpc) is 2.33. The van der Waals surface area contributed by atoms with Gasteiger partial charge in [-0.1, -0.05) is 22.6 Å². The van der Waals surface area contributed by atoms with Gasteiger partial charge in [-0.05, 0) is 0 Å². The second-order valence-electron chi connectivity index (χ2n) is 2.22. The first-order valence-electron chi connectivity index (χ1n) is 3.09. The van der Waals surface area contributed by atoms with Gasteiger partial charge in [0.05, 0.1) is 6.34 Å². The number of carbonyl (C=O) groups excluding carboxylic acids is 1. The van der Waals surface area contributed by atoms with E-state index < -0.39 is 16.3 Å². The van der Waals surface area contributed by atoms with Gasteiger partial charge in [-0.25, -0.2) is 0 Å². The summed E-state index contributed by atoms with van der Waals surface area (Å²) in [5.41, 5.74) is 10.9. The lowest BCUT2D eigenvalue weighted by Crippen LogP contribution is -2.47. The first-order valence-corrected chi connectivity index (χ1v) is 4.34. The van der Waals surface area contributed by atoms with Gasteiger partial charge in [0.25, 0.3) is 0 Å². The molecule has 1 rings (SSSR count). The summed E-state index contributed by atoms with van der Waals surface area (Å²) in [7, 11) is 0. The van der Waals surface area contributed by atoms with E-state index in [4.69, 9.17) is 11.5 Å². The minimum Gasteiger partial charge on any atom is -0.359 e. The number of hydrogen-bond acceptors (Lipinski definition) is 5. The van der Waals surface area contributed by atoms with Crippen molar-refractivity contribution in [3.8, 4) is 0 Å². The molecule has 0 fully saturated rings. The highest BCUT2D eigenvalue weighted by atomic mass is 127. The molecule has 0 saturated carbocycles. The Balaban J connectivity index is 2.60. The molecule has 6 heteroatoms. The van der Waals surface area contributed by atoms with Crippen molar-refractivity contribution in [3.05, 3.63) is 0 Å². The summed E-state index contributed by atoms with van der Waals surface area (Å²) in [5.74, 6) is -0.139. The Hall–Kier alpha value is -0.210. The highest BCUT2D eigenvalue weighted by Crippen LogP contribution is 2.06. The minimum atomic E-state index is -0.527. The minimum absolute atomic E-state index is 0.139. The van der Waals surface area contributed by atoms with Crippen molar-refractivity contribution >= 4 is 34.7 Å². The van der Waals surface area contributed by atoms with Gasteiger partial charge in [0.1, 0.15) is 16.3 Å². The molecule has 1 aliphatic rings. The number of nitrogens with two attached hydrogens (primary N) is 2. The average molecular weight is 268 g/mol. The Labute approximate surface area is 77.7 Å². The summed E-state index contributed by atoms with van der Waals surface area (Å²) in [5, 5.41) is 2.71. The molecule has 3 atom stereocenters. The van der Waals surface area contributed by atoms with Crippen LogP contribution in [0.15, 0.2) is 4.99 Å². The highest BCUT2D eigenvalue weighted by molar-refractivity contribution is 14.1. The molecule has 1 heterocycles. The number of hydrogen-bond donors (Lipinski definition) is 3. The van der Waals surface area contributed by atoms with Gasteiger partial charge in [0.2, 0.25) is 0 Å². The zero-order valence-corrected chi connectivity index (χ0v) is 7.86. The number of rotatable bonds is 2. The highest BCUT2D eigenvalue weighted by Gasteiger charge is 2.29. The van der Waals surface area contributed by atoms with Crippen molar-refractivity contribution in [2.45, 2.75) is 16.3 Å². The van der Waals surface area contributed by atoms with Crippen LogP contribution in [-0.2, 0) is 4.79 Å². The maximum atomic E-state index is 11.2. The Morgan fingerprint density at radius 3 is 2.82 bits per heavy atom. The molecule has 3 unspecified atom stereocenters. The normalized spacial score (nSPS) is 31.5. The molecule has 0 bridgehead atoms. The second kappa shape index (κ2) is 3.46. The van der Waals surface area contributed by atoms with E-state index in [-0.39, 0.29) is 5.78 Å². The maximum Gasteiger partial charge on any atom is 0.187 e. The molecule has 0 radical (unpaired) electrons. The van der Waals surface area contributed by atoms with Gasteiger partial charge in [-0.3, -0.25) is 9.79 Å². The van der Waals surface area contributed by atoms with Crippen LogP contribution in [0.3, 0.4) is 0 Å². The number of ketones is 1. The number of halogens is 1. The smallest absolute Gasteiger partial charge is 0.187 e. The fourth-order valence-corrected chi connectivity index (χ4v) is 1.18. The number of aliphatic imine (C=N–C) groups is 1. The lowest BCUT2D eigenvalue weighted by atomic mass is 10.1. The SMILES string of the molecule is NC(I)C(=O)C1N=CNC1N. The molecule has 0 aromatic heterocycles. The van der Waals surface area contributed by atoms with Gasteiger partial charge >= 0.3 is 0 Å². The van der Waals surface area contributed by atoms with Crippen LogP contribution in [0.2, 0.25) is 0 Å². The molecule has 5 nitrogen and oxygen atoms in total. The molecule has 1 aliphatic heterocycles. The van der Waals surface area contributed by atoms with Crippen LogP contribution in [-0.4, -0.2) is 28.4 Å². The lowest BCUT2D eigenvalue weighted by Gasteiger charge is -2.13. The zero-order chi connectivity index (χ0) is 8.43. The van der Waals surface area contributed by atoms with Crippen molar-refractivity contribution in [1.29, 1.82) is 0 Å². The van der Waals surface area contributed by atoms with Crippen LogP contribution < -0.4 is 16.8 Å². The number of alkyl halides is 1. The van der Waals surface area contributed by atoms with E-state index in [2.05, 4.69) is 10.3 Å². The zero-order valence-electron chi connectivity index (χ0n) is 5.70. The van der Waals surface area contributed by atoms with Crippen molar-refractivity contribution in [3.63, 3.8) is 0 Å². The third-order valence-corrected chi connectivity index (χ3v) is 2.02. The van der Waals surface area contributed by atoms with Crippen LogP contribution in [0.5, 0.6) is 0 Å². The van der Waals surface area contributed by atoms with Crippen LogP contribution in [0.4, 0.5) is 0 Å². The Kier molecular flexibility index (Phi) is 2.79. The van der Waals surface area contributed by atoms with Gasteiger partial charge in [0.15, 0.2) is 5.78 Å². The summed E-state index contributed by atoms with van der Waals surface area (Å²) in [6.07, 6.45) is 1.02. The quantitative estimate of drug-likeness (QED) is 0.325. The van der Waals surface area contributed by atoms with Crippen molar-refractivity contribution in [2.24, 2.45) is 16.5 Å². The van der Waals surface area contributed by atoms with Crippen LogP contribution in [0.25, 0.3) is 0 Å². The Bertz CT molecular complexity index is 193. The molecule has 0 spiro atoms. The molecular weight excluding hydrogens is 259 g/mol. The molecular formula is C5H9IN4O. The van der Waals surface area contributed by atoms with Crippen LogP contribution in [0, 0.1) is 0 Å². The van der Waals surface area contributed by atoms with Crippen LogP contribution >= 0.6 is 22.6 Å². The van der Waals surface area contributed by atoms with E-state index in [1.807, 2.05) is 22.6 Å². The summed E-state index contributed by atoms with van der Waals surface area (Å²) in [6, 6.07) is -0.512. The van der Waals surface area contributed by atoms with E-state index in [0.717, 1.165) is 0 Å². The summed E-state index contributed by atoms with van der Waals surface area (Å²) in [6.45, 7) is 0. The molecule has 0 aliphatic carbocycles. The van der Waals surface area contributed by atoms with Gasteiger partial charge in [0, 0.05) is 0 Å². The summed E-state index contributed by atoms with van der Waals surface area (Å²) < 4.78 is -0.527. The van der Waals surface area contributed by atoms with E-state index in [1.165, 1.54) is 6.34 Å². The fraction of sp³-hybridized carbons (Fsp3) is 0.600. The molecule has 5 N–H and O–H groups in total. The van der Waals surface area contributed by atoms with Crippen molar-refractivity contribution < 1.29 is 4.79 Å². The molecule has 0 aromatic rings. The number of Topliss-reactive ketones (excluding diaryl/α,β-unsaturated/α-hetero) is 1. The Morgan fingerprint density at radius 1 is 1.82 bits per heavy atom. The first-order chi connectivity index (χ1) is 5.13. The molecule has 0 amide bonds. The predicted octanol–water partition coefficient (Wildman–Crippen LogP) is -1.44. The first kappa shape index (κ1) is 8.88. The molecule has 0 saturated heterocycles. The van der Waals surface area contributed by atoms with E-state index >= 15 is 0 Å². The number of nitrogens with zero attached hydrogens (tertiary/aromatic N) is 1. The largest absolute Gasteiger partial charge is 0.359 e. The van der Waals surface area contributed by atoms with Crippen LogP contribution in [0.1, 0.15) is 0 Å². The van der Waals surface area contributed by atoms with Gasteiger partial charge in [-0.2, -0.15) is 0 Å². The number of nitrogens with one attached hydrogen (secondary N) is 1. The van der Waals surface area contributed by atoms with Gasteiger partial charge < -0.3 is 16.8 Å². The third-order valence-electron chi connectivity index (χ3n) is 1.41.